The molecule has 2 aromatic rings. The van der Waals surface area contributed by atoms with Gasteiger partial charge in [-0.1, -0.05) is 31.5 Å². The summed E-state index contributed by atoms with van der Waals surface area (Å²) in [6, 6.07) is 7.17. The van der Waals surface area contributed by atoms with Crippen LogP contribution in [-0.2, 0) is 0 Å². The maximum Gasteiger partial charge on any atom is 0.311 e. The molecule has 0 bridgehead atoms. The van der Waals surface area contributed by atoms with Crippen molar-refractivity contribution in [1.82, 2.24) is 4.98 Å². The molecule has 0 radical (unpaired) electrons. The molecule has 0 saturated heterocycles. The number of nitro groups is 1. The van der Waals surface area contributed by atoms with E-state index in [0.717, 1.165) is 12.8 Å². The van der Waals surface area contributed by atoms with Crippen LogP contribution in [0.5, 0.6) is 0 Å². The number of nitrogens with two attached hydrogens (primary N) is 1. The molecule has 0 fully saturated rings. The van der Waals surface area contributed by atoms with Gasteiger partial charge in [0.15, 0.2) is 5.96 Å². The van der Waals surface area contributed by atoms with Crippen LogP contribution < -0.4 is 11.1 Å². The lowest BCUT2D eigenvalue weighted by Gasteiger charge is -2.09. The van der Waals surface area contributed by atoms with E-state index in [9.17, 15) is 10.1 Å². The molecule has 0 aliphatic rings. The highest BCUT2D eigenvalue weighted by Crippen LogP contribution is 2.31. The molecular weight excluding hydrogens is 270 g/mol. The Bertz CT molecular complexity index is 684. The van der Waals surface area contributed by atoms with Crippen LogP contribution in [0, 0.1) is 10.1 Å². The summed E-state index contributed by atoms with van der Waals surface area (Å²) in [5.41, 5.74) is 6.66. The Balaban J connectivity index is 2.42. The van der Waals surface area contributed by atoms with Crippen molar-refractivity contribution < 1.29 is 4.92 Å². The zero-order chi connectivity index (χ0) is 15.2. The van der Waals surface area contributed by atoms with Crippen LogP contribution in [0.1, 0.15) is 19.8 Å². The lowest BCUT2D eigenvalue weighted by molar-refractivity contribution is -0.384. The molecule has 0 aliphatic carbocycles. The highest BCUT2D eigenvalue weighted by molar-refractivity contribution is 6.04. The minimum absolute atomic E-state index is 0.123. The molecule has 1 heterocycles. The van der Waals surface area contributed by atoms with Crippen LogP contribution in [0.3, 0.4) is 0 Å². The van der Waals surface area contributed by atoms with E-state index in [0.29, 0.717) is 23.1 Å². The molecule has 1 aromatic carbocycles. The van der Waals surface area contributed by atoms with Crippen LogP contribution in [0.15, 0.2) is 35.5 Å². The van der Waals surface area contributed by atoms with Crippen molar-refractivity contribution in [3.05, 3.63) is 40.6 Å². The van der Waals surface area contributed by atoms with E-state index in [-0.39, 0.29) is 11.6 Å². The lowest BCUT2D eigenvalue weighted by Crippen LogP contribution is -2.23. The predicted octanol–water partition coefficient (Wildman–Crippen LogP) is 2.67. The Morgan fingerprint density at radius 1 is 1.48 bits per heavy atom. The molecule has 0 amide bonds. The highest BCUT2D eigenvalue weighted by atomic mass is 16.6. The van der Waals surface area contributed by atoms with Gasteiger partial charge in [-0.25, -0.2) is 4.98 Å². The monoisotopic (exact) mass is 287 g/mol. The zero-order valence-electron chi connectivity index (χ0n) is 11.7. The molecule has 7 heteroatoms. The first-order valence-corrected chi connectivity index (χ1v) is 6.72. The van der Waals surface area contributed by atoms with E-state index < -0.39 is 4.92 Å². The van der Waals surface area contributed by atoms with Gasteiger partial charge in [0, 0.05) is 11.9 Å². The first-order valence-electron chi connectivity index (χ1n) is 6.72. The van der Waals surface area contributed by atoms with Gasteiger partial charge in [-0.3, -0.25) is 15.1 Å². The van der Waals surface area contributed by atoms with Gasteiger partial charge in [0.05, 0.1) is 10.4 Å². The number of aliphatic imine (C=N–C) groups is 1. The number of hydrogen-bond acceptors (Lipinski definition) is 4. The van der Waals surface area contributed by atoms with Gasteiger partial charge in [-0.2, -0.15) is 0 Å². The van der Waals surface area contributed by atoms with Gasteiger partial charge in [-0.15, -0.1) is 0 Å². The predicted molar refractivity (Wildman–Crippen MR) is 83.4 cm³/mol. The fourth-order valence-electron chi connectivity index (χ4n) is 1.93. The SMILES string of the molecule is CCCCN=C(N)Nc1c([N+](=O)[O-])cnc2ccccc12. The lowest BCUT2D eigenvalue weighted by atomic mass is 10.1. The Morgan fingerprint density at radius 3 is 2.95 bits per heavy atom. The molecule has 0 atom stereocenters. The van der Waals surface area contributed by atoms with Crippen molar-refractivity contribution in [3.63, 3.8) is 0 Å². The van der Waals surface area contributed by atoms with E-state index in [1.165, 1.54) is 6.20 Å². The normalized spacial score (nSPS) is 11.6. The summed E-state index contributed by atoms with van der Waals surface area (Å²) in [5, 5.41) is 14.6. The molecule has 110 valence electrons. The highest BCUT2D eigenvalue weighted by Gasteiger charge is 2.18. The topological polar surface area (TPSA) is 106 Å². The second kappa shape index (κ2) is 6.65. The van der Waals surface area contributed by atoms with Crippen molar-refractivity contribution in [3.8, 4) is 0 Å². The number of nitrogens with zero attached hydrogens (tertiary/aromatic N) is 3. The van der Waals surface area contributed by atoms with Crippen LogP contribution in [0.2, 0.25) is 0 Å². The second-order valence-corrected chi connectivity index (χ2v) is 4.54. The molecule has 0 aliphatic heterocycles. The first-order chi connectivity index (χ1) is 10.1. The van der Waals surface area contributed by atoms with Gasteiger partial charge >= 0.3 is 5.69 Å². The van der Waals surface area contributed by atoms with Crippen LogP contribution in [-0.4, -0.2) is 22.4 Å². The van der Waals surface area contributed by atoms with Gasteiger partial charge in [-0.05, 0) is 12.5 Å². The van der Waals surface area contributed by atoms with Gasteiger partial charge in [0.25, 0.3) is 0 Å². The van der Waals surface area contributed by atoms with Crippen LogP contribution in [0.25, 0.3) is 10.9 Å². The maximum atomic E-state index is 11.2. The summed E-state index contributed by atoms with van der Waals surface area (Å²) < 4.78 is 0. The molecule has 0 unspecified atom stereocenters. The first kappa shape index (κ1) is 14.7. The van der Waals surface area contributed by atoms with Crippen molar-refractivity contribution in [2.24, 2.45) is 10.7 Å². The number of aromatic nitrogens is 1. The summed E-state index contributed by atoms with van der Waals surface area (Å²) in [6.45, 7) is 2.65. The molecule has 21 heavy (non-hydrogen) atoms. The van der Waals surface area contributed by atoms with Crippen LogP contribution in [0.4, 0.5) is 11.4 Å². The number of guanidine groups is 1. The molecule has 0 saturated carbocycles. The summed E-state index contributed by atoms with van der Waals surface area (Å²) in [6.07, 6.45) is 3.15. The largest absolute Gasteiger partial charge is 0.370 e. The van der Waals surface area contributed by atoms with Crippen LogP contribution >= 0.6 is 0 Å². The average molecular weight is 287 g/mol. The summed E-state index contributed by atoms with van der Waals surface area (Å²) in [7, 11) is 0. The van der Waals surface area contributed by atoms with Gasteiger partial charge < -0.3 is 11.1 Å². The van der Waals surface area contributed by atoms with Crippen molar-refractivity contribution >= 4 is 28.2 Å². The van der Waals surface area contributed by atoms with Crippen molar-refractivity contribution in [1.29, 1.82) is 0 Å². The Morgan fingerprint density at radius 2 is 2.24 bits per heavy atom. The van der Waals surface area contributed by atoms with E-state index in [1.807, 2.05) is 6.07 Å². The number of rotatable bonds is 5. The third kappa shape index (κ3) is 3.44. The van der Waals surface area contributed by atoms with Crippen molar-refractivity contribution in [2.75, 3.05) is 11.9 Å². The third-order valence-electron chi connectivity index (χ3n) is 3.00. The molecule has 1 aromatic heterocycles. The Hall–Kier alpha value is -2.70. The fraction of sp³-hybridized carbons (Fsp3) is 0.286. The van der Waals surface area contributed by atoms with Crippen molar-refractivity contribution in [2.45, 2.75) is 19.8 Å². The number of unbranched alkanes of at least 4 members (excludes halogenated alkanes) is 1. The number of hydrogen-bond donors (Lipinski definition) is 2. The van der Waals surface area contributed by atoms with E-state index in [4.69, 9.17) is 5.73 Å². The summed E-state index contributed by atoms with van der Waals surface area (Å²) in [5.74, 6) is 0.169. The van der Waals surface area contributed by atoms with E-state index in [1.54, 1.807) is 18.2 Å². The molecular formula is C14H17N5O2. The Labute approximate surface area is 122 Å². The maximum absolute atomic E-state index is 11.2. The fourth-order valence-corrected chi connectivity index (χ4v) is 1.93. The standard InChI is InChI=1S/C14H17N5O2/c1-2-3-8-16-14(15)18-13-10-6-4-5-7-11(10)17-9-12(13)19(20)21/h4-7,9H,2-3,8H2,1H3,(H3,15,16,17,18). The number of nitrogens with one attached hydrogen (secondary N) is 1. The molecule has 7 nitrogen and oxygen atoms in total. The third-order valence-corrected chi connectivity index (χ3v) is 3.00. The molecule has 2 rings (SSSR count). The van der Waals surface area contributed by atoms with Gasteiger partial charge in [0.1, 0.15) is 11.9 Å². The minimum Gasteiger partial charge on any atom is -0.370 e. The number of benzene rings is 1. The minimum atomic E-state index is -0.485. The Kier molecular flexibility index (Phi) is 4.65. The van der Waals surface area contributed by atoms with Gasteiger partial charge in [0.2, 0.25) is 0 Å². The molecule has 3 N–H and O–H groups in total. The number of pyridine rings is 1. The quantitative estimate of drug-likeness (QED) is 0.289. The second-order valence-electron chi connectivity index (χ2n) is 4.54. The number of anilines is 1. The zero-order valence-corrected chi connectivity index (χ0v) is 11.7. The number of fused-ring (bicyclic) bond motifs is 1. The van der Waals surface area contributed by atoms with E-state index in [2.05, 4.69) is 22.2 Å². The number of para-hydroxylation sites is 1. The molecule has 0 spiro atoms. The summed E-state index contributed by atoms with van der Waals surface area (Å²) in [4.78, 5) is 18.9. The summed E-state index contributed by atoms with van der Waals surface area (Å²) >= 11 is 0. The smallest absolute Gasteiger partial charge is 0.311 e. The van der Waals surface area contributed by atoms with E-state index >= 15 is 0 Å². The average Bonchev–Trinajstić information content (AvgIpc) is 2.47.